The minimum atomic E-state index is -3.29. The summed E-state index contributed by atoms with van der Waals surface area (Å²) >= 11 is 0. The molecule has 1 rings (SSSR count). The lowest BCUT2D eigenvalue weighted by molar-refractivity contribution is 0.281. The second kappa shape index (κ2) is 7.64. The Kier molecular flexibility index (Phi) is 6.49. The number of anilines is 2. The third kappa shape index (κ3) is 4.21. The van der Waals surface area contributed by atoms with E-state index in [0.717, 1.165) is 17.8 Å². The molecule has 114 valence electrons. The smallest absolute Gasteiger partial charge is 0.395 e. The third-order valence-electron chi connectivity index (χ3n) is 3.06. The summed E-state index contributed by atoms with van der Waals surface area (Å²) in [5.74, 6) is 0. The number of rotatable bonds is 8. The van der Waals surface area contributed by atoms with E-state index in [1.54, 1.807) is 0 Å². The first-order valence-electron chi connectivity index (χ1n) is 6.46. The molecule has 6 nitrogen and oxygen atoms in total. The Morgan fingerprint density at radius 2 is 2.00 bits per heavy atom. The molecule has 0 aliphatic heterocycles. The minimum Gasteiger partial charge on any atom is -0.395 e. The van der Waals surface area contributed by atoms with Gasteiger partial charge in [-0.3, -0.25) is 14.1 Å². The van der Waals surface area contributed by atoms with Crippen LogP contribution >= 0.6 is 7.75 Å². The van der Waals surface area contributed by atoms with Crippen molar-refractivity contribution in [2.24, 2.45) is 0 Å². The predicted molar refractivity (Wildman–Crippen MR) is 81.4 cm³/mol. The van der Waals surface area contributed by atoms with Gasteiger partial charge in [-0.1, -0.05) is 0 Å². The molecule has 0 saturated carbocycles. The molecule has 1 aromatic rings. The Morgan fingerprint density at radius 1 is 1.35 bits per heavy atom. The summed E-state index contributed by atoms with van der Waals surface area (Å²) in [6, 6.07) is 5.71. The lowest BCUT2D eigenvalue weighted by Gasteiger charge is -2.24. The van der Waals surface area contributed by atoms with Crippen LogP contribution in [0.5, 0.6) is 0 Å². The molecule has 0 aliphatic rings. The number of hydrogen-bond acceptors (Lipinski definition) is 5. The maximum Gasteiger partial charge on any atom is 0.432 e. The van der Waals surface area contributed by atoms with E-state index in [0.29, 0.717) is 12.2 Å². The average Bonchev–Trinajstić information content (AvgIpc) is 2.46. The van der Waals surface area contributed by atoms with Crippen LogP contribution in [-0.4, -0.2) is 39.0 Å². The number of aliphatic hydroxyl groups excluding tert-OH is 1. The van der Waals surface area contributed by atoms with Gasteiger partial charge in [0.2, 0.25) is 0 Å². The quantitative estimate of drug-likeness (QED) is 0.719. The summed E-state index contributed by atoms with van der Waals surface area (Å²) in [4.78, 5) is 2.06. The number of hydrogen-bond donors (Lipinski definition) is 2. The highest BCUT2D eigenvalue weighted by Crippen LogP contribution is 2.46. The second-order valence-electron chi connectivity index (χ2n) is 4.28. The SMILES string of the molecule is CCN(CCO)c1ccc(NP(=O)(OC)OC)c(C)c1. The summed E-state index contributed by atoms with van der Waals surface area (Å²) in [5, 5.41) is 11.8. The molecule has 0 atom stereocenters. The van der Waals surface area contributed by atoms with Crippen molar-refractivity contribution in [3.8, 4) is 0 Å². The molecular formula is C13H23N2O4P. The van der Waals surface area contributed by atoms with Gasteiger partial charge in [0.05, 0.1) is 6.61 Å². The monoisotopic (exact) mass is 302 g/mol. The van der Waals surface area contributed by atoms with Crippen LogP contribution in [0.3, 0.4) is 0 Å². The van der Waals surface area contributed by atoms with E-state index in [4.69, 9.17) is 14.2 Å². The maximum absolute atomic E-state index is 12.1. The summed E-state index contributed by atoms with van der Waals surface area (Å²) in [6.45, 7) is 5.43. The fourth-order valence-electron chi connectivity index (χ4n) is 1.87. The Hall–Kier alpha value is -1.07. The van der Waals surface area contributed by atoms with E-state index < -0.39 is 7.75 Å². The van der Waals surface area contributed by atoms with Crippen LogP contribution in [0.2, 0.25) is 0 Å². The van der Waals surface area contributed by atoms with Crippen molar-refractivity contribution in [2.75, 3.05) is 43.9 Å². The van der Waals surface area contributed by atoms with E-state index in [1.807, 2.05) is 32.0 Å². The molecule has 0 unspecified atom stereocenters. The van der Waals surface area contributed by atoms with E-state index in [-0.39, 0.29) is 6.61 Å². The molecule has 2 N–H and O–H groups in total. The summed E-state index contributed by atoms with van der Waals surface area (Å²) in [7, 11) is -0.623. The van der Waals surface area contributed by atoms with E-state index in [9.17, 15) is 4.57 Å². The number of likely N-dealkylation sites (N-methyl/N-ethyl adjacent to an activating group) is 1. The second-order valence-corrected chi connectivity index (χ2v) is 6.23. The molecule has 7 heteroatoms. The molecule has 0 spiro atoms. The number of aryl methyl sites for hydroxylation is 1. The highest BCUT2D eigenvalue weighted by molar-refractivity contribution is 7.55. The number of nitrogens with zero attached hydrogens (tertiary/aromatic N) is 1. The van der Waals surface area contributed by atoms with Crippen molar-refractivity contribution in [3.63, 3.8) is 0 Å². The lowest BCUT2D eigenvalue weighted by atomic mass is 10.1. The molecule has 0 aliphatic carbocycles. The fourth-order valence-corrected chi connectivity index (χ4v) is 2.75. The van der Waals surface area contributed by atoms with Gasteiger partial charge in [-0.15, -0.1) is 0 Å². The van der Waals surface area contributed by atoms with Crippen molar-refractivity contribution in [1.29, 1.82) is 0 Å². The first-order valence-corrected chi connectivity index (χ1v) is 8.00. The summed E-state index contributed by atoms with van der Waals surface area (Å²) in [6.07, 6.45) is 0. The fraction of sp³-hybridized carbons (Fsp3) is 0.538. The number of nitrogens with one attached hydrogen (secondary N) is 1. The zero-order chi connectivity index (χ0) is 15.2. The van der Waals surface area contributed by atoms with E-state index in [2.05, 4.69) is 9.99 Å². The van der Waals surface area contributed by atoms with Crippen LogP contribution in [0.4, 0.5) is 11.4 Å². The van der Waals surface area contributed by atoms with Crippen molar-refractivity contribution in [3.05, 3.63) is 23.8 Å². The summed E-state index contributed by atoms with van der Waals surface area (Å²) in [5.41, 5.74) is 2.63. The Labute approximate surface area is 120 Å². The van der Waals surface area contributed by atoms with Gasteiger partial charge in [-0.2, -0.15) is 0 Å². The van der Waals surface area contributed by atoms with Gasteiger partial charge < -0.3 is 10.0 Å². The van der Waals surface area contributed by atoms with Crippen molar-refractivity contribution in [1.82, 2.24) is 0 Å². The number of benzene rings is 1. The molecule has 0 amide bonds. The third-order valence-corrected chi connectivity index (χ3v) is 4.54. The molecule has 0 saturated heterocycles. The van der Waals surface area contributed by atoms with Crippen LogP contribution < -0.4 is 9.99 Å². The van der Waals surface area contributed by atoms with Crippen LogP contribution in [0, 0.1) is 6.92 Å². The van der Waals surface area contributed by atoms with Crippen molar-refractivity contribution < 1.29 is 18.7 Å². The highest BCUT2D eigenvalue weighted by atomic mass is 31.2. The first-order chi connectivity index (χ1) is 9.49. The highest BCUT2D eigenvalue weighted by Gasteiger charge is 2.21. The maximum atomic E-state index is 12.1. The van der Waals surface area contributed by atoms with E-state index >= 15 is 0 Å². The molecule has 0 fully saturated rings. The van der Waals surface area contributed by atoms with Crippen molar-refractivity contribution in [2.45, 2.75) is 13.8 Å². The largest absolute Gasteiger partial charge is 0.432 e. The standard InChI is InChI=1S/C13H23N2O4P/c1-5-15(8-9-16)12-6-7-13(11(2)10-12)14-20(17,18-3)19-4/h6-7,10,16H,5,8-9H2,1-4H3,(H,14,17). The Bertz CT molecular complexity index is 473. The van der Waals surface area contributed by atoms with Crippen molar-refractivity contribution >= 4 is 19.1 Å². The molecule has 1 aromatic carbocycles. The van der Waals surface area contributed by atoms with Gasteiger partial charge in [-0.05, 0) is 37.6 Å². The van der Waals surface area contributed by atoms with Crippen LogP contribution in [-0.2, 0) is 13.6 Å². The van der Waals surface area contributed by atoms with Crippen LogP contribution in [0.1, 0.15) is 12.5 Å². The van der Waals surface area contributed by atoms with Gasteiger partial charge in [-0.25, -0.2) is 4.57 Å². The normalized spacial score (nSPS) is 11.4. The molecule has 0 bridgehead atoms. The zero-order valence-corrected chi connectivity index (χ0v) is 13.3. The Balaban J connectivity index is 2.96. The lowest BCUT2D eigenvalue weighted by Crippen LogP contribution is -2.26. The van der Waals surface area contributed by atoms with Gasteiger partial charge in [0.1, 0.15) is 0 Å². The van der Waals surface area contributed by atoms with Gasteiger partial charge in [0, 0.05) is 38.7 Å². The molecular weight excluding hydrogens is 279 g/mol. The van der Waals surface area contributed by atoms with Gasteiger partial charge in [0.25, 0.3) is 0 Å². The zero-order valence-electron chi connectivity index (χ0n) is 12.4. The molecule has 0 heterocycles. The van der Waals surface area contributed by atoms with Gasteiger partial charge >= 0.3 is 7.75 Å². The van der Waals surface area contributed by atoms with E-state index in [1.165, 1.54) is 14.2 Å². The minimum absolute atomic E-state index is 0.107. The van der Waals surface area contributed by atoms with Gasteiger partial charge in [0.15, 0.2) is 0 Å². The molecule has 20 heavy (non-hydrogen) atoms. The van der Waals surface area contributed by atoms with Crippen LogP contribution in [0.15, 0.2) is 18.2 Å². The molecule has 0 radical (unpaired) electrons. The van der Waals surface area contributed by atoms with Crippen LogP contribution in [0.25, 0.3) is 0 Å². The first kappa shape index (κ1) is 17.0. The summed E-state index contributed by atoms with van der Waals surface area (Å²) < 4.78 is 21.8. The predicted octanol–water partition coefficient (Wildman–Crippen LogP) is 2.63. The number of aliphatic hydroxyl groups is 1. The Morgan fingerprint density at radius 3 is 2.45 bits per heavy atom. The average molecular weight is 302 g/mol. The molecule has 0 aromatic heterocycles. The topological polar surface area (TPSA) is 71.0 Å².